The summed E-state index contributed by atoms with van der Waals surface area (Å²) in [5.41, 5.74) is 0.766. The van der Waals surface area contributed by atoms with Gasteiger partial charge in [-0.1, -0.05) is 0 Å². The number of aromatic nitrogens is 2. The molecule has 1 aliphatic rings. The fourth-order valence-electron chi connectivity index (χ4n) is 1.78. The molecule has 13 heavy (non-hydrogen) atoms. The first-order valence-electron chi connectivity index (χ1n) is 4.68. The van der Waals surface area contributed by atoms with Crippen LogP contribution in [0.25, 0.3) is 0 Å². The Morgan fingerprint density at radius 2 is 2.62 bits per heavy atom. The van der Waals surface area contributed by atoms with Gasteiger partial charge in [-0.15, -0.1) is 0 Å². The zero-order valence-electron chi connectivity index (χ0n) is 7.77. The van der Waals surface area contributed by atoms with E-state index >= 15 is 0 Å². The Bertz CT molecular complexity index is 278. The van der Waals surface area contributed by atoms with Crippen molar-refractivity contribution in [3.63, 3.8) is 0 Å². The molecule has 1 unspecified atom stereocenters. The van der Waals surface area contributed by atoms with Gasteiger partial charge < -0.3 is 10.4 Å². The SMILES string of the molecule is Cn1ccc(C(O)[C@@H]2CCCN2)n1. The van der Waals surface area contributed by atoms with Crippen LogP contribution in [0.2, 0.25) is 0 Å². The van der Waals surface area contributed by atoms with Crippen molar-refractivity contribution >= 4 is 0 Å². The molecule has 0 saturated carbocycles. The van der Waals surface area contributed by atoms with E-state index in [1.54, 1.807) is 4.68 Å². The highest BCUT2D eigenvalue weighted by molar-refractivity contribution is 5.06. The summed E-state index contributed by atoms with van der Waals surface area (Å²) in [6.45, 7) is 1.01. The van der Waals surface area contributed by atoms with Crippen LogP contribution in [-0.2, 0) is 7.05 Å². The second-order valence-corrected chi connectivity index (χ2v) is 3.56. The number of rotatable bonds is 2. The summed E-state index contributed by atoms with van der Waals surface area (Å²) in [4.78, 5) is 0. The number of nitrogens with one attached hydrogen (secondary N) is 1. The van der Waals surface area contributed by atoms with Gasteiger partial charge in [-0.25, -0.2) is 0 Å². The molecule has 0 aromatic carbocycles. The molecule has 0 radical (unpaired) electrons. The summed E-state index contributed by atoms with van der Waals surface area (Å²) in [5, 5.41) is 17.3. The number of aryl methyl sites for hydroxylation is 1. The first-order chi connectivity index (χ1) is 6.27. The van der Waals surface area contributed by atoms with Gasteiger partial charge in [0.2, 0.25) is 0 Å². The lowest BCUT2D eigenvalue weighted by atomic mass is 10.1. The molecule has 1 aromatic rings. The van der Waals surface area contributed by atoms with Crippen LogP contribution in [0, 0.1) is 0 Å². The van der Waals surface area contributed by atoms with Gasteiger partial charge in [-0.2, -0.15) is 5.10 Å². The normalized spacial score (nSPS) is 24.9. The van der Waals surface area contributed by atoms with Gasteiger partial charge in [0.15, 0.2) is 0 Å². The average Bonchev–Trinajstić information content (AvgIpc) is 2.72. The largest absolute Gasteiger partial charge is 0.385 e. The number of aliphatic hydroxyl groups excluding tert-OH is 1. The zero-order valence-corrected chi connectivity index (χ0v) is 7.77. The van der Waals surface area contributed by atoms with E-state index in [1.165, 1.54) is 0 Å². The molecule has 0 spiro atoms. The van der Waals surface area contributed by atoms with E-state index in [4.69, 9.17) is 0 Å². The van der Waals surface area contributed by atoms with E-state index in [9.17, 15) is 5.11 Å². The first kappa shape index (κ1) is 8.72. The predicted octanol–water partition coefficient (Wildman–Crippen LogP) is 0.205. The van der Waals surface area contributed by atoms with E-state index in [2.05, 4.69) is 10.4 Å². The van der Waals surface area contributed by atoms with Crippen LogP contribution in [0.3, 0.4) is 0 Å². The lowest BCUT2D eigenvalue weighted by Gasteiger charge is -2.15. The van der Waals surface area contributed by atoms with Crippen molar-refractivity contribution in [2.45, 2.75) is 25.0 Å². The minimum atomic E-state index is -0.455. The molecule has 0 amide bonds. The molecule has 0 bridgehead atoms. The molecule has 2 N–H and O–H groups in total. The summed E-state index contributed by atoms with van der Waals surface area (Å²) in [7, 11) is 1.86. The lowest BCUT2D eigenvalue weighted by molar-refractivity contribution is 0.132. The third-order valence-electron chi connectivity index (χ3n) is 2.52. The average molecular weight is 181 g/mol. The molecule has 4 heteroatoms. The number of aliphatic hydroxyl groups is 1. The Morgan fingerprint density at radius 1 is 1.77 bits per heavy atom. The topological polar surface area (TPSA) is 50.1 Å². The van der Waals surface area contributed by atoms with E-state index in [0.717, 1.165) is 25.1 Å². The van der Waals surface area contributed by atoms with E-state index < -0.39 is 6.10 Å². The molecular weight excluding hydrogens is 166 g/mol. The van der Waals surface area contributed by atoms with E-state index in [-0.39, 0.29) is 6.04 Å². The Morgan fingerprint density at radius 3 is 3.15 bits per heavy atom. The Hall–Kier alpha value is -0.870. The van der Waals surface area contributed by atoms with Gasteiger partial charge in [0.25, 0.3) is 0 Å². The fraction of sp³-hybridized carbons (Fsp3) is 0.667. The maximum absolute atomic E-state index is 9.90. The van der Waals surface area contributed by atoms with Crippen molar-refractivity contribution in [2.75, 3.05) is 6.54 Å². The molecule has 1 saturated heterocycles. The standard InChI is InChI=1S/C9H15N3O/c1-12-6-4-8(11-12)9(13)7-3-2-5-10-7/h4,6-7,9-10,13H,2-3,5H2,1H3/t7-,9?/m0/s1. The van der Waals surface area contributed by atoms with Crippen molar-refractivity contribution in [2.24, 2.45) is 7.05 Å². The van der Waals surface area contributed by atoms with E-state index in [1.807, 2.05) is 19.3 Å². The van der Waals surface area contributed by atoms with Gasteiger partial charge in [0.05, 0.1) is 5.69 Å². The highest BCUT2D eigenvalue weighted by Gasteiger charge is 2.25. The molecule has 4 nitrogen and oxygen atoms in total. The molecule has 1 fully saturated rings. The predicted molar refractivity (Wildman–Crippen MR) is 49.2 cm³/mol. The second kappa shape index (κ2) is 3.47. The quantitative estimate of drug-likeness (QED) is 0.685. The van der Waals surface area contributed by atoms with Gasteiger partial charge >= 0.3 is 0 Å². The van der Waals surface area contributed by atoms with Gasteiger partial charge in [0, 0.05) is 19.3 Å². The molecule has 1 aliphatic heterocycles. The van der Waals surface area contributed by atoms with Gasteiger partial charge in [-0.05, 0) is 25.5 Å². The smallest absolute Gasteiger partial charge is 0.113 e. The highest BCUT2D eigenvalue weighted by Crippen LogP contribution is 2.20. The summed E-state index contributed by atoms with van der Waals surface area (Å²) < 4.78 is 1.72. The molecule has 72 valence electrons. The van der Waals surface area contributed by atoms with Crippen LogP contribution in [0.4, 0.5) is 0 Å². The number of hydrogen-bond acceptors (Lipinski definition) is 3. The van der Waals surface area contributed by atoms with Crippen molar-refractivity contribution in [1.29, 1.82) is 0 Å². The van der Waals surface area contributed by atoms with Gasteiger partial charge in [-0.3, -0.25) is 4.68 Å². The maximum Gasteiger partial charge on any atom is 0.113 e. The summed E-state index contributed by atoms with van der Waals surface area (Å²) in [6, 6.07) is 2.06. The second-order valence-electron chi connectivity index (χ2n) is 3.56. The highest BCUT2D eigenvalue weighted by atomic mass is 16.3. The van der Waals surface area contributed by atoms with Crippen molar-refractivity contribution < 1.29 is 5.11 Å². The van der Waals surface area contributed by atoms with Crippen molar-refractivity contribution in [1.82, 2.24) is 15.1 Å². The van der Waals surface area contributed by atoms with Crippen molar-refractivity contribution in [3.05, 3.63) is 18.0 Å². The van der Waals surface area contributed by atoms with E-state index in [0.29, 0.717) is 0 Å². The molecule has 0 aliphatic carbocycles. The first-order valence-corrected chi connectivity index (χ1v) is 4.68. The Balaban J connectivity index is 2.07. The number of nitrogens with zero attached hydrogens (tertiary/aromatic N) is 2. The van der Waals surface area contributed by atoms with Gasteiger partial charge in [0.1, 0.15) is 6.10 Å². The third-order valence-corrected chi connectivity index (χ3v) is 2.52. The maximum atomic E-state index is 9.90. The van der Waals surface area contributed by atoms with Crippen LogP contribution in [0.5, 0.6) is 0 Å². The Labute approximate surface area is 77.6 Å². The lowest BCUT2D eigenvalue weighted by Crippen LogP contribution is -2.29. The van der Waals surface area contributed by atoms with Crippen LogP contribution >= 0.6 is 0 Å². The summed E-state index contributed by atoms with van der Waals surface area (Å²) in [5.74, 6) is 0. The summed E-state index contributed by atoms with van der Waals surface area (Å²) in [6.07, 6.45) is 3.59. The zero-order chi connectivity index (χ0) is 9.26. The minimum Gasteiger partial charge on any atom is -0.385 e. The van der Waals surface area contributed by atoms with Crippen LogP contribution in [0.1, 0.15) is 24.6 Å². The van der Waals surface area contributed by atoms with Crippen LogP contribution in [-0.4, -0.2) is 27.5 Å². The molecule has 2 heterocycles. The molecule has 2 atom stereocenters. The van der Waals surface area contributed by atoms with Crippen LogP contribution in [0.15, 0.2) is 12.3 Å². The molecule has 1 aromatic heterocycles. The third kappa shape index (κ3) is 1.73. The minimum absolute atomic E-state index is 0.190. The monoisotopic (exact) mass is 181 g/mol. The van der Waals surface area contributed by atoms with Crippen molar-refractivity contribution in [3.8, 4) is 0 Å². The molecule has 2 rings (SSSR count). The number of hydrogen-bond donors (Lipinski definition) is 2. The Kier molecular flexibility index (Phi) is 2.33. The van der Waals surface area contributed by atoms with Crippen LogP contribution < -0.4 is 5.32 Å². The fourth-order valence-corrected chi connectivity index (χ4v) is 1.78. The summed E-state index contributed by atoms with van der Waals surface area (Å²) >= 11 is 0. The molecular formula is C9H15N3O.